The average molecular weight is 587 g/mol. The quantitative estimate of drug-likeness (QED) is 0.130. The van der Waals surface area contributed by atoms with Crippen molar-refractivity contribution in [1.82, 2.24) is 0 Å². The zero-order valence-corrected chi connectivity index (χ0v) is 26.9. The highest BCUT2D eigenvalue weighted by Crippen LogP contribution is 2.60. The van der Waals surface area contributed by atoms with Crippen molar-refractivity contribution in [3.05, 3.63) is 34.9 Å². The fraction of sp³-hybridized carbons (Fsp3) is 0.743. The fourth-order valence-corrected chi connectivity index (χ4v) is 9.06. The number of carbonyl (C=O) groups excluding carboxylic acids is 3. The number of halogens is 1. The van der Waals surface area contributed by atoms with Gasteiger partial charge < -0.3 is 4.74 Å². The van der Waals surface area contributed by atoms with Gasteiger partial charge in [0.2, 0.25) is 0 Å². The number of rotatable bonds is 12. The third kappa shape index (κ3) is 6.94. The second-order valence-corrected chi connectivity index (χ2v) is 14.6. The van der Waals surface area contributed by atoms with E-state index < -0.39 is 17.8 Å². The summed E-state index contributed by atoms with van der Waals surface area (Å²) in [6.45, 7) is 13.6. The molecular formula is C35H51FO4S. The van der Waals surface area contributed by atoms with E-state index >= 15 is 0 Å². The van der Waals surface area contributed by atoms with Crippen LogP contribution in [0.2, 0.25) is 0 Å². The number of cyclic esters (lactones) is 2. The minimum atomic E-state index is -0.480. The summed E-state index contributed by atoms with van der Waals surface area (Å²) in [5.41, 5.74) is 4.04. The first-order valence-electron chi connectivity index (χ1n) is 16.1. The molecule has 6 heteroatoms. The monoisotopic (exact) mass is 586 g/mol. The van der Waals surface area contributed by atoms with Crippen LogP contribution >= 0.6 is 12.1 Å². The van der Waals surface area contributed by atoms with E-state index in [-0.39, 0.29) is 46.9 Å². The molecule has 41 heavy (non-hydrogen) atoms. The highest BCUT2D eigenvalue weighted by molar-refractivity contribution is 7.95. The molecule has 4 rings (SSSR count). The summed E-state index contributed by atoms with van der Waals surface area (Å²) >= 11 is 0.0876. The summed E-state index contributed by atoms with van der Waals surface area (Å²) in [7, 11) is 0. The molecular weight excluding hydrogens is 535 g/mol. The van der Waals surface area contributed by atoms with Crippen LogP contribution in [0.5, 0.6) is 0 Å². The summed E-state index contributed by atoms with van der Waals surface area (Å²) in [5.74, 6) is 0.384. The molecule has 0 radical (unpaired) electrons. The Morgan fingerprint density at radius 2 is 1.95 bits per heavy atom. The van der Waals surface area contributed by atoms with Gasteiger partial charge in [0, 0.05) is 12.3 Å². The van der Waals surface area contributed by atoms with Crippen LogP contribution in [0.4, 0.5) is 3.89 Å². The maximum atomic E-state index is 13.1. The first-order chi connectivity index (χ1) is 19.5. The van der Waals surface area contributed by atoms with E-state index in [1.807, 2.05) is 0 Å². The molecule has 1 aliphatic heterocycles. The van der Waals surface area contributed by atoms with E-state index in [9.17, 15) is 18.3 Å². The minimum absolute atomic E-state index is 0.0711. The number of ketones is 1. The maximum absolute atomic E-state index is 13.1. The van der Waals surface area contributed by atoms with Gasteiger partial charge >= 0.3 is 11.9 Å². The van der Waals surface area contributed by atoms with Crippen molar-refractivity contribution >= 4 is 29.9 Å². The van der Waals surface area contributed by atoms with Gasteiger partial charge in [-0.1, -0.05) is 76.0 Å². The lowest BCUT2D eigenvalue weighted by molar-refractivity contribution is -0.154. The van der Waals surface area contributed by atoms with Crippen molar-refractivity contribution in [2.75, 3.05) is 5.75 Å². The Morgan fingerprint density at radius 3 is 2.63 bits per heavy atom. The number of Topliss-reactive ketones (excluding diaryl/α,β-unsaturated/α-hetero) is 1. The Hall–Kier alpha value is -1.69. The van der Waals surface area contributed by atoms with Gasteiger partial charge in [0.25, 0.3) is 0 Å². The van der Waals surface area contributed by atoms with E-state index in [0.717, 1.165) is 31.3 Å². The number of esters is 2. The van der Waals surface area contributed by atoms with E-state index in [1.165, 1.54) is 30.4 Å². The molecule has 4 nitrogen and oxygen atoms in total. The normalized spacial score (nSPS) is 34.3. The zero-order chi connectivity index (χ0) is 29.9. The number of ether oxygens (including phenoxy) is 1. The van der Waals surface area contributed by atoms with E-state index in [4.69, 9.17) is 4.74 Å². The predicted octanol–water partition coefficient (Wildman–Crippen LogP) is 9.01. The van der Waals surface area contributed by atoms with Crippen LogP contribution in [0.1, 0.15) is 106 Å². The summed E-state index contributed by atoms with van der Waals surface area (Å²) < 4.78 is 18.0. The summed E-state index contributed by atoms with van der Waals surface area (Å²) in [5, 5.41) is 0. The van der Waals surface area contributed by atoms with Crippen molar-refractivity contribution in [3.63, 3.8) is 0 Å². The van der Waals surface area contributed by atoms with Gasteiger partial charge in [0.15, 0.2) is 0 Å². The van der Waals surface area contributed by atoms with Crippen LogP contribution in [0.25, 0.3) is 0 Å². The molecule has 8 atom stereocenters. The van der Waals surface area contributed by atoms with Crippen LogP contribution in [0.15, 0.2) is 34.9 Å². The number of carbonyl (C=O) groups is 3. The lowest BCUT2D eigenvalue weighted by Gasteiger charge is -2.45. The summed E-state index contributed by atoms with van der Waals surface area (Å²) in [6, 6.07) is 0. The van der Waals surface area contributed by atoms with Gasteiger partial charge in [-0.2, -0.15) is 3.89 Å². The van der Waals surface area contributed by atoms with Crippen molar-refractivity contribution in [1.29, 1.82) is 0 Å². The van der Waals surface area contributed by atoms with Crippen LogP contribution in [-0.2, 0) is 19.1 Å². The zero-order valence-electron chi connectivity index (χ0n) is 26.0. The van der Waals surface area contributed by atoms with Crippen molar-refractivity contribution in [3.8, 4) is 0 Å². The van der Waals surface area contributed by atoms with E-state index in [2.05, 4.69) is 59.8 Å². The Labute approximate surface area is 251 Å². The Morgan fingerprint density at radius 1 is 1.20 bits per heavy atom. The molecule has 2 saturated carbocycles. The largest absolute Gasteiger partial charge is 0.393 e. The molecule has 1 heterocycles. The molecule has 0 amide bonds. The molecule has 5 unspecified atom stereocenters. The highest BCUT2D eigenvalue weighted by Gasteiger charge is 2.54. The second-order valence-electron chi connectivity index (χ2n) is 14.1. The van der Waals surface area contributed by atoms with Crippen molar-refractivity contribution < 1.29 is 23.0 Å². The van der Waals surface area contributed by atoms with Crippen LogP contribution in [-0.4, -0.2) is 23.5 Å². The molecule has 0 spiro atoms. The van der Waals surface area contributed by atoms with Gasteiger partial charge in [0.05, 0.1) is 29.7 Å². The predicted molar refractivity (Wildman–Crippen MR) is 164 cm³/mol. The third-order valence-electron chi connectivity index (χ3n) is 11.0. The van der Waals surface area contributed by atoms with Crippen LogP contribution < -0.4 is 0 Å². The molecule has 0 aromatic rings. The molecule has 0 aromatic carbocycles. The minimum Gasteiger partial charge on any atom is -0.393 e. The molecule has 0 bridgehead atoms. The lowest BCUT2D eigenvalue weighted by Crippen LogP contribution is -2.37. The molecule has 3 fully saturated rings. The number of hydrogen-bond donors (Lipinski definition) is 0. The van der Waals surface area contributed by atoms with Crippen LogP contribution in [0.3, 0.4) is 0 Å². The number of allylic oxidation sites excluding steroid dienone is 6. The number of fused-ring (bicyclic) bond motifs is 2. The van der Waals surface area contributed by atoms with Gasteiger partial charge in [-0.15, -0.1) is 0 Å². The standard InChI is InChI=1S/C35H51FO4S/c1-7-24(17-26(37)20-41-36)18-27-23(5)16-29-32(34(39)40-33(29)38)28(27)19-25-12-9-15-35(6)30(13-14-31(25)35)22(4)11-8-10-21(2)3/h8,11,19,21-22,24,28-32H,7,9-10,12-18,20H2,1-6H3/b11-8+,25-19+/t22-,24-,28+,29?,30?,31?,32?,35?/m1/s1. The first kappa shape index (κ1) is 32.2. The second kappa shape index (κ2) is 13.7. The molecule has 4 aliphatic rings. The van der Waals surface area contributed by atoms with Crippen molar-refractivity contribution in [2.45, 2.75) is 106 Å². The highest BCUT2D eigenvalue weighted by atomic mass is 32.2. The summed E-state index contributed by atoms with van der Waals surface area (Å²) in [6.07, 6.45) is 16.5. The van der Waals surface area contributed by atoms with E-state index in [1.54, 1.807) is 0 Å². The fourth-order valence-electron chi connectivity index (χ4n) is 8.82. The Kier molecular flexibility index (Phi) is 10.8. The molecule has 0 N–H and O–H groups in total. The van der Waals surface area contributed by atoms with Gasteiger partial charge in [0.1, 0.15) is 5.78 Å². The van der Waals surface area contributed by atoms with E-state index in [0.29, 0.717) is 42.9 Å². The summed E-state index contributed by atoms with van der Waals surface area (Å²) in [4.78, 5) is 38.2. The molecule has 3 aliphatic carbocycles. The third-order valence-corrected chi connectivity index (χ3v) is 11.4. The smallest absolute Gasteiger partial charge is 0.318 e. The Balaban J connectivity index is 1.65. The molecule has 228 valence electrons. The molecule has 1 saturated heterocycles. The average Bonchev–Trinajstić information content (AvgIpc) is 3.40. The number of hydrogen-bond acceptors (Lipinski definition) is 5. The van der Waals surface area contributed by atoms with Gasteiger partial charge in [-0.3, -0.25) is 14.4 Å². The topological polar surface area (TPSA) is 60.4 Å². The van der Waals surface area contributed by atoms with Crippen molar-refractivity contribution in [2.24, 2.45) is 52.8 Å². The molecule has 0 aromatic heterocycles. The maximum Gasteiger partial charge on any atom is 0.318 e. The lowest BCUT2D eigenvalue weighted by atomic mass is 9.60. The van der Waals surface area contributed by atoms with Gasteiger partial charge in [-0.05, 0) is 93.3 Å². The first-order valence-corrected chi connectivity index (χ1v) is 16.9. The van der Waals surface area contributed by atoms with Gasteiger partial charge in [-0.25, -0.2) is 0 Å². The Bertz CT molecular complexity index is 1090. The SMILES string of the molecule is CC[C@H](CC(=O)CSF)CC1=C(C)CC2C(=O)OC(=O)C2[C@H]1/C=C1\CCCC2(C)C1CCC2[C@H](C)/C=C/CC(C)C. The van der Waals surface area contributed by atoms with Crippen LogP contribution in [0, 0.1) is 52.8 Å².